The summed E-state index contributed by atoms with van der Waals surface area (Å²) < 4.78 is 0. The fourth-order valence-electron chi connectivity index (χ4n) is 3.29. The summed E-state index contributed by atoms with van der Waals surface area (Å²) in [6.45, 7) is 6.67. The number of piperazine rings is 1. The molecule has 112 valence electrons. The highest BCUT2D eigenvalue weighted by Gasteiger charge is 2.21. The molecule has 2 N–H and O–H groups in total. The number of nitrogens with zero attached hydrogens (tertiary/aromatic N) is 1. The van der Waals surface area contributed by atoms with Crippen molar-refractivity contribution in [3.8, 4) is 5.75 Å². The van der Waals surface area contributed by atoms with Crippen LogP contribution in [-0.4, -0.2) is 36.2 Å². The first-order chi connectivity index (χ1) is 10.3. The minimum Gasteiger partial charge on any atom is -0.508 e. The minimum absolute atomic E-state index is 0.336. The predicted molar refractivity (Wildman–Crippen MR) is 87.7 cm³/mol. The summed E-state index contributed by atoms with van der Waals surface area (Å²) in [7, 11) is 0. The normalized spacial score (nSPS) is 18.0. The van der Waals surface area contributed by atoms with E-state index in [1.54, 1.807) is 6.07 Å². The van der Waals surface area contributed by atoms with Crippen LogP contribution in [0.15, 0.2) is 36.4 Å². The van der Waals surface area contributed by atoms with Crippen LogP contribution in [0.5, 0.6) is 5.75 Å². The number of phenolic OH excluding ortho intramolecular Hbond substituents is 1. The Hall–Kier alpha value is -1.58. The summed E-state index contributed by atoms with van der Waals surface area (Å²) in [6, 6.07) is 12.8. The highest BCUT2D eigenvalue weighted by molar-refractivity contribution is 5.84. The quantitative estimate of drug-likeness (QED) is 0.904. The van der Waals surface area contributed by atoms with Gasteiger partial charge in [-0.15, -0.1) is 0 Å². The Labute approximate surface area is 126 Å². The first-order valence-corrected chi connectivity index (χ1v) is 7.95. The molecular formula is C18H24N2O. The molecule has 0 unspecified atom stereocenters. The summed E-state index contributed by atoms with van der Waals surface area (Å²) >= 11 is 0. The first-order valence-electron chi connectivity index (χ1n) is 7.95. The SMILES string of the molecule is CCC[C@@H](c1ccc2cc(O)ccc2c1)N1CCNCC1. The van der Waals surface area contributed by atoms with Gasteiger partial charge in [0.15, 0.2) is 0 Å². The molecule has 1 fully saturated rings. The number of benzene rings is 2. The van der Waals surface area contributed by atoms with Crippen LogP contribution >= 0.6 is 0 Å². The third kappa shape index (κ3) is 3.20. The van der Waals surface area contributed by atoms with Crippen LogP contribution in [0.2, 0.25) is 0 Å². The second-order valence-corrected chi connectivity index (χ2v) is 5.88. The molecular weight excluding hydrogens is 260 g/mol. The van der Waals surface area contributed by atoms with Crippen LogP contribution in [-0.2, 0) is 0 Å². The molecule has 3 nitrogen and oxygen atoms in total. The lowest BCUT2D eigenvalue weighted by molar-refractivity contribution is 0.165. The van der Waals surface area contributed by atoms with Gasteiger partial charge in [-0.1, -0.05) is 31.5 Å². The van der Waals surface area contributed by atoms with Crippen LogP contribution < -0.4 is 5.32 Å². The van der Waals surface area contributed by atoms with Gasteiger partial charge in [-0.2, -0.15) is 0 Å². The number of hydrogen-bond acceptors (Lipinski definition) is 3. The third-order valence-electron chi connectivity index (χ3n) is 4.39. The Balaban J connectivity index is 1.92. The lowest BCUT2D eigenvalue weighted by atomic mass is 9.97. The Morgan fingerprint density at radius 1 is 1.10 bits per heavy atom. The standard InChI is InChI=1S/C18H24N2O/c1-2-3-18(20-10-8-19-9-11-20)16-5-4-15-13-17(21)7-6-14(15)12-16/h4-7,12-13,18-19,21H,2-3,8-11H2,1H3/t18-/m0/s1. The molecule has 1 heterocycles. The number of phenols is 1. The third-order valence-corrected chi connectivity index (χ3v) is 4.39. The number of nitrogens with one attached hydrogen (secondary N) is 1. The Morgan fingerprint density at radius 2 is 1.81 bits per heavy atom. The van der Waals surface area contributed by atoms with E-state index in [2.05, 4.69) is 35.3 Å². The van der Waals surface area contributed by atoms with Gasteiger partial charge in [-0.05, 0) is 41.0 Å². The monoisotopic (exact) mass is 284 g/mol. The van der Waals surface area contributed by atoms with E-state index in [9.17, 15) is 5.11 Å². The second-order valence-electron chi connectivity index (χ2n) is 5.88. The molecule has 3 rings (SSSR count). The molecule has 0 amide bonds. The summed E-state index contributed by atoms with van der Waals surface area (Å²) in [5, 5.41) is 15.3. The minimum atomic E-state index is 0.336. The smallest absolute Gasteiger partial charge is 0.116 e. The Morgan fingerprint density at radius 3 is 2.57 bits per heavy atom. The maximum atomic E-state index is 9.58. The summed E-state index contributed by atoms with van der Waals surface area (Å²) in [5.74, 6) is 0.336. The predicted octanol–water partition coefficient (Wildman–Crippen LogP) is 3.29. The number of fused-ring (bicyclic) bond motifs is 1. The van der Waals surface area contributed by atoms with Gasteiger partial charge >= 0.3 is 0 Å². The fourth-order valence-corrected chi connectivity index (χ4v) is 3.29. The van der Waals surface area contributed by atoms with Gasteiger partial charge in [0.25, 0.3) is 0 Å². The zero-order valence-corrected chi connectivity index (χ0v) is 12.7. The zero-order chi connectivity index (χ0) is 14.7. The van der Waals surface area contributed by atoms with Crippen molar-refractivity contribution in [1.82, 2.24) is 10.2 Å². The molecule has 1 aliphatic heterocycles. The van der Waals surface area contributed by atoms with Crippen LogP contribution in [0.25, 0.3) is 10.8 Å². The molecule has 0 aromatic heterocycles. The Kier molecular flexibility index (Phi) is 4.42. The molecule has 0 spiro atoms. The maximum Gasteiger partial charge on any atom is 0.116 e. The van der Waals surface area contributed by atoms with E-state index in [1.165, 1.54) is 23.8 Å². The molecule has 21 heavy (non-hydrogen) atoms. The Bertz CT molecular complexity index is 605. The summed E-state index contributed by atoms with van der Waals surface area (Å²) in [6.07, 6.45) is 2.39. The molecule has 0 aliphatic carbocycles. The lowest BCUT2D eigenvalue weighted by Gasteiger charge is -2.35. The van der Waals surface area contributed by atoms with E-state index in [0.717, 1.165) is 31.6 Å². The van der Waals surface area contributed by atoms with Crippen molar-refractivity contribution in [3.05, 3.63) is 42.0 Å². The second kappa shape index (κ2) is 6.46. The molecule has 1 saturated heterocycles. The van der Waals surface area contributed by atoms with Crippen LogP contribution in [0, 0.1) is 0 Å². The highest BCUT2D eigenvalue weighted by Crippen LogP contribution is 2.29. The molecule has 0 radical (unpaired) electrons. The molecule has 1 aliphatic rings. The van der Waals surface area contributed by atoms with Crippen molar-refractivity contribution < 1.29 is 5.11 Å². The van der Waals surface area contributed by atoms with Crippen LogP contribution in [0.4, 0.5) is 0 Å². The molecule has 2 aromatic rings. The maximum absolute atomic E-state index is 9.58. The van der Waals surface area contributed by atoms with E-state index >= 15 is 0 Å². The van der Waals surface area contributed by atoms with Crippen molar-refractivity contribution in [2.24, 2.45) is 0 Å². The average molecular weight is 284 g/mol. The number of aromatic hydroxyl groups is 1. The van der Waals surface area contributed by atoms with Gasteiger partial charge in [0.05, 0.1) is 0 Å². The van der Waals surface area contributed by atoms with Crippen molar-refractivity contribution in [3.63, 3.8) is 0 Å². The van der Waals surface area contributed by atoms with Crippen LogP contribution in [0.1, 0.15) is 31.4 Å². The van der Waals surface area contributed by atoms with Gasteiger partial charge in [-0.25, -0.2) is 0 Å². The number of hydrogen-bond donors (Lipinski definition) is 2. The van der Waals surface area contributed by atoms with E-state index in [1.807, 2.05) is 12.1 Å². The van der Waals surface area contributed by atoms with Gasteiger partial charge < -0.3 is 10.4 Å². The fraction of sp³-hybridized carbons (Fsp3) is 0.444. The molecule has 3 heteroatoms. The summed E-state index contributed by atoms with van der Waals surface area (Å²) in [4.78, 5) is 2.60. The van der Waals surface area contributed by atoms with E-state index < -0.39 is 0 Å². The van der Waals surface area contributed by atoms with E-state index in [4.69, 9.17) is 0 Å². The average Bonchev–Trinajstić information content (AvgIpc) is 2.53. The zero-order valence-electron chi connectivity index (χ0n) is 12.7. The van der Waals surface area contributed by atoms with Crippen molar-refractivity contribution in [1.29, 1.82) is 0 Å². The van der Waals surface area contributed by atoms with Gasteiger partial charge in [0.2, 0.25) is 0 Å². The molecule has 2 aromatic carbocycles. The highest BCUT2D eigenvalue weighted by atomic mass is 16.3. The van der Waals surface area contributed by atoms with Crippen molar-refractivity contribution in [2.75, 3.05) is 26.2 Å². The molecule has 0 saturated carbocycles. The molecule has 1 atom stereocenters. The topological polar surface area (TPSA) is 35.5 Å². The molecule has 0 bridgehead atoms. The van der Waals surface area contributed by atoms with Gasteiger partial charge in [0, 0.05) is 32.2 Å². The van der Waals surface area contributed by atoms with Crippen molar-refractivity contribution >= 4 is 10.8 Å². The van der Waals surface area contributed by atoms with E-state index in [-0.39, 0.29) is 0 Å². The first kappa shape index (κ1) is 14.4. The largest absolute Gasteiger partial charge is 0.508 e. The van der Waals surface area contributed by atoms with Crippen molar-refractivity contribution in [2.45, 2.75) is 25.8 Å². The van der Waals surface area contributed by atoms with E-state index in [0.29, 0.717) is 11.8 Å². The lowest BCUT2D eigenvalue weighted by Crippen LogP contribution is -2.45. The van der Waals surface area contributed by atoms with Gasteiger partial charge in [-0.3, -0.25) is 4.90 Å². The van der Waals surface area contributed by atoms with Gasteiger partial charge in [0.1, 0.15) is 5.75 Å². The number of rotatable bonds is 4. The summed E-state index contributed by atoms with van der Waals surface area (Å²) in [5.41, 5.74) is 1.40. The van der Waals surface area contributed by atoms with Crippen LogP contribution in [0.3, 0.4) is 0 Å².